The molecule has 0 unspecified atom stereocenters. The molecule has 1 spiro atoms. The van der Waals surface area contributed by atoms with Gasteiger partial charge in [-0.15, -0.1) is 0 Å². The zero-order chi connectivity index (χ0) is 23.9. The number of fused-ring (bicyclic) bond motifs is 5. The molecule has 0 radical (unpaired) electrons. The number of benzene rings is 1. The van der Waals surface area contributed by atoms with Gasteiger partial charge in [0.05, 0.1) is 35.9 Å². The number of hydrogen-bond acceptors (Lipinski definition) is 9. The number of carbonyl (C=O) groups excluding carboxylic acids is 3. The first-order valence-electron chi connectivity index (χ1n) is 10.9. The predicted octanol–water partition coefficient (Wildman–Crippen LogP) is 0.979. The van der Waals surface area contributed by atoms with E-state index < -0.39 is 41.2 Å². The van der Waals surface area contributed by atoms with Crippen LogP contribution in [0.15, 0.2) is 10.6 Å². The standard InChI is InChI=1S/C21H20FN5O6S/c1-8-7-27-13-10(5-11-14(12(13)22)33-25-16(11)26-3-4-31-20(26)34)6-21(15(27)9(2)32-8)17(28)23-19(30)24-18(21)29/h5,8-9,15H,3-4,6-7H2,1-2H3,(H2,23,24,28,29,30)/t8-,9+,15-/m1/s1. The molecule has 3 saturated heterocycles. The highest BCUT2D eigenvalue weighted by molar-refractivity contribution is 7.80. The van der Waals surface area contributed by atoms with E-state index in [1.165, 1.54) is 0 Å². The van der Waals surface area contributed by atoms with E-state index in [2.05, 4.69) is 15.8 Å². The molecule has 13 heteroatoms. The molecule has 2 aromatic rings. The number of halogens is 1. The predicted molar refractivity (Wildman–Crippen MR) is 119 cm³/mol. The van der Waals surface area contributed by atoms with E-state index in [0.717, 1.165) is 0 Å². The Morgan fingerprint density at radius 3 is 2.65 bits per heavy atom. The molecule has 4 aliphatic rings. The molecule has 11 nitrogen and oxygen atoms in total. The summed E-state index contributed by atoms with van der Waals surface area (Å²) in [4.78, 5) is 41.7. The summed E-state index contributed by atoms with van der Waals surface area (Å²) >= 11 is 5.22. The number of aromatic nitrogens is 1. The van der Waals surface area contributed by atoms with Gasteiger partial charge in [0.2, 0.25) is 17.4 Å². The number of nitrogens with zero attached hydrogens (tertiary/aromatic N) is 3. The van der Waals surface area contributed by atoms with Crippen molar-refractivity contribution in [2.24, 2.45) is 5.41 Å². The third-order valence-electron chi connectivity index (χ3n) is 6.96. The number of nitrogens with one attached hydrogen (secondary N) is 2. The molecule has 0 saturated carbocycles. The minimum atomic E-state index is -1.70. The van der Waals surface area contributed by atoms with E-state index in [4.69, 9.17) is 26.2 Å². The lowest BCUT2D eigenvalue weighted by molar-refractivity contribution is -0.153. The third kappa shape index (κ3) is 2.67. The van der Waals surface area contributed by atoms with Crippen molar-refractivity contribution in [3.63, 3.8) is 0 Å². The monoisotopic (exact) mass is 489 g/mol. The van der Waals surface area contributed by atoms with Gasteiger partial charge in [-0.1, -0.05) is 5.16 Å². The van der Waals surface area contributed by atoms with Crippen LogP contribution >= 0.6 is 12.2 Å². The molecule has 2 N–H and O–H groups in total. The number of barbiturate groups is 1. The van der Waals surface area contributed by atoms with Gasteiger partial charge in [0.25, 0.3) is 5.17 Å². The molecular weight excluding hydrogens is 469 g/mol. The quantitative estimate of drug-likeness (QED) is 0.442. The van der Waals surface area contributed by atoms with Gasteiger partial charge in [-0.3, -0.25) is 25.1 Å². The molecule has 0 bridgehead atoms. The summed E-state index contributed by atoms with van der Waals surface area (Å²) < 4.78 is 32.7. The van der Waals surface area contributed by atoms with Crippen LogP contribution in [0.3, 0.4) is 0 Å². The molecule has 1 aromatic heterocycles. The van der Waals surface area contributed by atoms with Crippen molar-refractivity contribution in [2.75, 3.05) is 29.5 Å². The zero-order valence-corrected chi connectivity index (χ0v) is 19.0. The maximum atomic E-state index is 16.0. The first kappa shape index (κ1) is 21.2. The fourth-order valence-corrected chi connectivity index (χ4v) is 5.98. The fourth-order valence-electron chi connectivity index (χ4n) is 5.72. The van der Waals surface area contributed by atoms with Crippen LogP contribution in [0, 0.1) is 11.2 Å². The Hall–Kier alpha value is -3.32. The number of morpholine rings is 1. The molecule has 4 aliphatic heterocycles. The van der Waals surface area contributed by atoms with Crippen LogP contribution in [0.1, 0.15) is 19.4 Å². The van der Waals surface area contributed by atoms with Crippen LogP contribution < -0.4 is 20.4 Å². The molecule has 5 heterocycles. The van der Waals surface area contributed by atoms with Gasteiger partial charge in [0.15, 0.2) is 17.1 Å². The molecule has 0 aliphatic carbocycles. The number of thiocarbonyl (C=S) groups is 1. The highest BCUT2D eigenvalue weighted by Crippen LogP contribution is 2.49. The van der Waals surface area contributed by atoms with Crippen molar-refractivity contribution < 1.29 is 32.8 Å². The molecule has 3 fully saturated rings. The Morgan fingerprint density at radius 1 is 1.24 bits per heavy atom. The topological polar surface area (TPSA) is 126 Å². The average Bonchev–Trinajstić information content (AvgIpc) is 3.37. The lowest BCUT2D eigenvalue weighted by Gasteiger charge is -2.55. The minimum Gasteiger partial charge on any atom is -0.469 e. The Kier molecular flexibility index (Phi) is 4.43. The van der Waals surface area contributed by atoms with Crippen LogP contribution in [-0.2, 0) is 25.5 Å². The zero-order valence-electron chi connectivity index (χ0n) is 18.2. The van der Waals surface area contributed by atoms with Gasteiger partial charge in [0.1, 0.15) is 6.61 Å². The molecule has 4 amide bonds. The fraction of sp³-hybridized carbons (Fsp3) is 0.476. The molecule has 34 heavy (non-hydrogen) atoms. The van der Waals surface area contributed by atoms with E-state index in [-0.39, 0.29) is 35.5 Å². The average molecular weight is 489 g/mol. The van der Waals surface area contributed by atoms with Crippen molar-refractivity contribution in [3.8, 4) is 0 Å². The van der Waals surface area contributed by atoms with Crippen LogP contribution in [0.2, 0.25) is 0 Å². The SMILES string of the molecule is C[C@@H]1CN2c3c(cc4c(N5CCOC5=S)noc4c3F)CC3(C(=O)NC(=O)NC3=O)[C@H]2[C@H](C)O1. The Balaban J connectivity index is 1.58. The van der Waals surface area contributed by atoms with Crippen molar-refractivity contribution >= 4 is 57.7 Å². The van der Waals surface area contributed by atoms with E-state index in [1.54, 1.807) is 22.8 Å². The first-order valence-corrected chi connectivity index (χ1v) is 11.3. The van der Waals surface area contributed by atoms with Gasteiger partial charge in [-0.2, -0.15) is 0 Å². The summed E-state index contributed by atoms with van der Waals surface area (Å²) in [7, 11) is 0. The number of amides is 4. The minimum absolute atomic E-state index is 0.0577. The summed E-state index contributed by atoms with van der Waals surface area (Å²) in [6, 6.07) is -0.0697. The lowest BCUT2D eigenvalue weighted by Crippen LogP contribution is -2.75. The lowest BCUT2D eigenvalue weighted by atomic mass is 9.66. The maximum Gasteiger partial charge on any atom is 0.328 e. The highest BCUT2D eigenvalue weighted by atomic mass is 32.1. The number of rotatable bonds is 1. The Labute approximate surface area is 197 Å². The summed E-state index contributed by atoms with van der Waals surface area (Å²) in [6.07, 6.45) is -1.05. The van der Waals surface area contributed by atoms with Crippen molar-refractivity contribution in [3.05, 3.63) is 17.4 Å². The van der Waals surface area contributed by atoms with Crippen molar-refractivity contribution in [1.29, 1.82) is 0 Å². The van der Waals surface area contributed by atoms with Gasteiger partial charge < -0.3 is 18.9 Å². The summed E-state index contributed by atoms with van der Waals surface area (Å²) in [5, 5.41) is 9.01. The number of carbonyl (C=O) groups is 3. The second kappa shape index (κ2) is 7.09. The van der Waals surface area contributed by atoms with E-state index in [0.29, 0.717) is 29.9 Å². The summed E-state index contributed by atoms with van der Waals surface area (Å²) in [5.41, 5.74) is -1.12. The van der Waals surface area contributed by atoms with Crippen LogP contribution in [-0.4, -0.2) is 66.1 Å². The van der Waals surface area contributed by atoms with E-state index in [1.807, 2.05) is 6.92 Å². The number of urea groups is 1. The Bertz CT molecular complexity index is 1280. The van der Waals surface area contributed by atoms with Gasteiger partial charge in [-0.25, -0.2) is 9.18 Å². The second-order valence-corrected chi connectivity index (χ2v) is 9.33. The normalized spacial score (nSPS) is 28.0. The maximum absolute atomic E-state index is 16.0. The van der Waals surface area contributed by atoms with Gasteiger partial charge in [-0.05, 0) is 37.7 Å². The molecule has 3 atom stereocenters. The molecule has 6 rings (SSSR count). The molecule has 1 aromatic carbocycles. The summed E-state index contributed by atoms with van der Waals surface area (Å²) in [6.45, 7) is 4.58. The number of ether oxygens (including phenoxy) is 2. The van der Waals surface area contributed by atoms with Crippen LogP contribution in [0.5, 0.6) is 0 Å². The number of imide groups is 2. The van der Waals surface area contributed by atoms with Gasteiger partial charge in [0, 0.05) is 13.0 Å². The van der Waals surface area contributed by atoms with Crippen molar-refractivity contribution in [2.45, 2.75) is 38.5 Å². The van der Waals surface area contributed by atoms with E-state index in [9.17, 15) is 14.4 Å². The summed E-state index contributed by atoms with van der Waals surface area (Å²) in [5.74, 6) is -1.84. The van der Waals surface area contributed by atoms with Crippen molar-refractivity contribution in [1.82, 2.24) is 15.8 Å². The first-order chi connectivity index (χ1) is 16.2. The molecular formula is C21H20FN5O6S. The largest absolute Gasteiger partial charge is 0.469 e. The molecule has 178 valence electrons. The number of anilines is 2. The van der Waals surface area contributed by atoms with Gasteiger partial charge >= 0.3 is 6.03 Å². The van der Waals surface area contributed by atoms with Crippen LogP contribution in [0.4, 0.5) is 20.7 Å². The third-order valence-corrected chi connectivity index (χ3v) is 7.30. The smallest absolute Gasteiger partial charge is 0.328 e. The second-order valence-electron chi connectivity index (χ2n) is 8.98. The van der Waals surface area contributed by atoms with E-state index >= 15 is 4.39 Å². The Morgan fingerprint density at radius 2 is 1.97 bits per heavy atom. The number of hydrogen-bond donors (Lipinski definition) is 2. The highest BCUT2D eigenvalue weighted by Gasteiger charge is 2.63. The van der Waals surface area contributed by atoms with Crippen LogP contribution in [0.25, 0.3) is 11.0 Å².